The number of nitrogens with one attached hydrogen (secondary N) is 1. The van der Waals surface area contributed by atoms with E-state index in [1.165, 1.54) is 11.1 Å². The fourth-order valence-electron chi connectivity index (χ4n) is 2.51. The lowest BCUT2D eigenvalue weighted by atomic mass is 9.98. The molecule has 0 atom stereocenters. The van der Waals surface area contributed by atoms with E-state index >= 15 is 0 Å². The van der Waals surface area contributed by atoms with Crippen molar-refractivity contribution in [1.82, 2.24) is 25.5 Å². The van der Waals surface area contributed by atoms with Crippen LogP contribution >= 0.6 is 0 Å². The van der Waals surface area contributed by atoms with Gasteiger partial charge < -0.3 is 5.32 Å². The number of piperidine rings is 1. The van der Waals surface area contributed by atoms with Gasteiger partial charge in [0.15, 0.2) is 5.82 Å². The van der Waals surface area contributed by atoms with Crippen LogP contribution < -0.4 is 5.32 Å². The van der Waals surface area contributed by atoms with Gasteiger partial charge in [-0.25, -0.2) is 0 Å². The number of nitrogens with zero attached hydrogens (tertiary/aromatic N) is 4. The molecule has 0 unspecified atom stereocenters. The third-order valence-corrected chi connectivity index (χ3v) is 3.71. The zero-order valence-electron chi connectivity index (χ0n) is 11.4. The first-order chi connectivity index (χ1) is 9.24. The molecule has 100 valence electrons. The highest BCUT2D eigenvalue weighted by atomic mass is 15.6. The van der Waals surface area contributed by atoms with Crippen molar-refractivity contribution in [3.8, 4) is 5.69 Å². The van der Waals surface area contributed by atoms with E-state index < -0.39 is 0 Å². The number of rotatable bonds is 2. The number of hydrogen-bond acceptors (Lipinski definition) is 4. The molecule has 0 bridgehead atoms. The summed E-state index contributed by atoms with van der Waals surface area (Å²) in [5.41, 5.74) is 3.40. The maximum atomic E-state index is 4.57. The summed E-state index contributed by atoms with van der Waals surface area (Å²) in [4.78, 5) is 1.67. The van der Waals surface area contributed by atoms with Crippen LogP contribution in [0.5, 0.6) is 0 Å². The smallest absolute Gasteiger partial charge is 0.178 e. The summed E-state index contributed by atoms with van der Waals surface area (Å²) in [6, 6.07) is 6.30. The van der Waals surface area contributed by atoms with Gasteiger partial charge in [0, 0.05) is 5.92 Å². The average Bonchev–Trinajstić information content (AvgIpc) is 2.92. The Labute approximate surface area is 113 Å². The van der Waals surface area contributed by atoms with Crippen molar-refractivity contribution >= 4 is 0 Å². The highest BCUT2D eigenvalue weighted by Crippen LogP contribution is 2.22. The van der Waals surface area contributed by atoms with Crippen molar-refractivity contribution in [3.05, 3.63) is 35.2 Å². The van der Waals surface area contributed by atoms with E-state index in [1.54, 1.807) is 4.80 Å². The standard InChI is InChI=1S/C14H19N5/c1-10-3-4-11(2)13(9-10)19-17-14(16-18-19)12-5-7-15-8-6-12/h3-4,9,12,15H,5-8H2,1-2H3. The molecule has 2 aromatic rings. The summed E-state index contributed by atoms with van der Waals surface area (Å²) in [7, 11) is 0. The second kappa shape index (κ2) is 5.09. The van der Waals surface area contributed by atoms with Crippen LogP contribution in [0.3, 0.4) is 0 Å². The van der Waals surface area contributed by atoms with Gasteiger partial charge in [-0.1, -0.05) is 12.1 Å². The van der Waals surface area contributed by atoms with E-state index in [0.717, 1.165) is 37.4 Å². The molecule has 1 fully saturated rings. The van der Waals surface area contributed by atoms with Crippen LogP contribution in [0.25, 0.3) is 5.69 Å². The molecule has 0 saturated carbocycles. The second-order valence-electron chi connectivity index (χ2n) is 5.25. The molecule has 2 heterocycles. The number of hydrogen-bond donors (Lipinski definition) is 1. The topological polar surface area (TPSA) is 55.6 Å². The largest absolute Gasteiger partial charge is 0.317 e. The van der Waals surface area contributed by atoms with Gasteiger partial charge in [0.25, 0.3) is 0 Å². The van der Waals surface area contributed by atoms with Gasteiger partial charge in [0.1, 0.15) is 0 Å². The molecule has 1 aromatic heterocycles. The van der Waals surface area contributed by atoms with Crippen molar-refractivity contribution in [2.45, 2.75) is 32.6 Å². The fraction of sp³-hybridized carbons (Fsp3) is 0.500. The first kappa shape index (κ1) is 12.3. The van der Waals surface area contributed by atoms with Gasteiger partial charge in [0.05, 0.1) is 5.69 Å². The van der Waals surface area contributed by atoms with E-state index in [9.17, 15) is 0 Å². The maximum absolute atomic E-state index is 4.57. The van der Waals surface area contributed by atoms with Gasteiger partial charge >= 0.3 is 0 Å². The minimum absolute atomic E-state index is 0.445. The minimum Gasteiger partial charge on any atom is -0.317 e. The Bertz CT molecular complexity index is 569. The molecule has 1 aromatic carbocycles. The predicted octanol–water partition coefficient (Wildman–Crippen LogP) is 1.75. The van der Waals surface area contributed by atoms with Crippen LogP contribution in [-0.4, -0.2) is 33.3 Å². The van der Waals surface area contributed by atoms with Crippen molar-refractivity contribution < 1.29 is 0 Å². The maximum Gasteiger partial charge on any atom is 0.178 e. The van der Waals surface area contributed by atoms with E-state index in [-0.39, 0.29) is 0 Å². The fourth-order valence-corrected chi connectivity index (χ4v) is 2.51. The summed E-state index contributed by atoms with van der Waals surface area (Å²) in [6.45, 7) is 6.24. The molecule has 0 amide bonds. The molecule has 1 N–H and O–H groups in total. The van der Waals surface area contributed by atoms with Crippen molar-refractivity contribution in [3.63, 3.8) is 0 Å². The molecule has 5 heteroatoms. The van der Waals surface area contributed by atoms with Gasteiger partial charge in [-0.05, 0) is 62.2 Å². The summed E-state index contributed by atoms with van der Waals surface area (Å²) >= 11 is 0. The van der Waals surface area contributed by atoms with E-state index in [0.29, 0.717) is 5.92 Å². The molecular weight excluding hydrogens is 238 g/mol. The monoisotopic (exact) mass is 257 g/mol. The van der Waals surface area contributed by atoms with Gasteiger partial charge in [-0.2, -0.15) is 0 Å². The lowest BCUT2D eigenvalue weighted by molar-refractivity contribution is 0.444. The Morgan fingerprint density at radius 3 is 2.79 bits per heavy atom. The second-order valence-corrected chi connectivity index (χ2v) is 5.25. The van der Waals surface area contributed by atoms with E-state index in [4.69, 9.17) is 0 Å². The zero-order valence-corrected chi connectivity index (χ0v) is 11.4. The molecule has 3 rings (SSSR count). The number of benzene rings is 1. The average molecular weight is 257 g/mol. The SMILES string of the molecule is Cc1ccc(C)c(-n2nnc(C3CCNCC3)n2)c1. The molecule has 1 saturated heterocycles. The number of tetrazole rings is 1. The zero-order chi connectivity index (χ0) is 13.2. The lowest BCUT2D eigenvalue weighted by Crippen LogP contribution is -2.27. The molecular formula is C14H19N5. The quantitative estimate of drug-likeness (QED) is 0.890. The lowest BCUT2D eigenvalue weighted by Gasteiger charge is -2.19. The first-order valence-corrected chi connectivity index (χ1v) is 6.82. The van der Waals surface area contributed by atoms with Gasteiger partial charge in [0.2, 0.25) is 0 Å². The van der Waals surface area contributed by atoms with Crippen LogP contribution in [0.4, 0.5) is 0 Å². The molecule has 19 heavy (non-hydrogen) atoms. The van der Waals surface area contributed by atoms with Crippen molar-refractivity contribution in [2.75, 3.05) is 13.1 Å². The summed E-state index contributed by atoms with van der Waals surface area (Å²) < 4.78 is 0. The summed E-state index contributed by atoms with van der Waals surface area (Å²) in [5.74, 6) is 1.32. The molecule has 0 spiro atoms. The summed E-state index contributed by atoms with van der Waals surface area (Å²) in [6.07, 6.45) is 2.19. The van der Waals surface area contributed by atoms with Gasteiger partial charge in [-0.3, -0.25) is 0 Å². The highest BCUT2D eigenvalue weighted by Gasteiger charge is 2.20. The van der Waals surface area contributed by atoms with Crippen LogP contribution in [0, 0.1) is 13.8 Å². The van der Waals surface area contributed by atoms with Crippen LogP contribution in [-0.2, 0) is 0 Å². The van der Waals surface area contributed by atoms with E-state index in [2.05, 4.69) is 52.8 Å². The predicted molar refractivity (Wildman–Crippen MR) is 73.5 cm³/mol. The Hall–Kier alpha value is -1.75. The minimum atomic E-state index is 0.445. The van der Waals surface area contributed by atoms with Crippen molar-refractivity contribution in [1.29, 1.82) is 0 Å². The van der Waals surface area contributed by atoms with Crippen LogP contribution in [0.15, 0.2) is 18.2 Å². The summed E-state index contributed by atoms with van der Waals surface area (Å²) in [5, 5.41) is 16.4. The Morgan fingerprint density at radius 1 is 1.21 bits per heavy atom. The number of aromatic nitrogens is 4. The Balaban J connectivity index is 1.89. The van der Waals surface area contributed by atoms with E-state index in [1.807, 2.05) is 0 Å². The molecule has 1 aliphatic heterocycles. The van der Waals surface area contributed by atoms with Crippen LogP contribution in [0.1, 0.15) is 35.7 Å². The molecule has 0 radical (unpaired) electrons. The Morgan fingerprint density at radius 2 is 2.00 bits per heavy atom. The third-order valence-electron chi connectivity index (χ3n) is 3.71. The van der Waals surface area contributed by atoms with Gasteiger partial charge in [-0.15, -0.1) is 15.0 Å². The first-order valence-electron chi connectivity index (χ1n) is 6.82. The normalized spacial score (nSPS) is 16.7. The molecule has 1 aliphatic rings. The Kier molecular flexibility index (Phi) is 3.29. The van der Waals surface area contributed by atoms with Crippen LogP contribution in [0.2, 0.25) is 0 Å². The number of aryl methyl sites for hydroxylation is 2. The molecule has 5 nitrogen and oxygen atoms in total. The molecule has 0 aliphatic carbocycles. The highest BCUT2D eigenvalue weighted by molar-refractivity contribution is 5.41. The third kappa shape index (κ3) is 2.51. The van der Waals surface area contributed by atoms with Crippen molar-refractivity contribution in [2.24, 2.45) is 0 Å².